The monoisotopic (exact) mass is 255 g/mol. The second-order valence-corrected chi connectivity index (χ2v) is 3.85. The Morgan fingerprint density at radius 3 is 2.63 bits per heavy atom. The lowest BCUT2D eigenvalue weighted by atomic mass is 10.2. The van der Waals surface area contributed by atoms with E-state index in [1.54, 1.807) is 6.08 Å². The third-order valence-electron chi connectivity index (χ3n) is 2.44. The van der Waals surface area contributed by atoms with Crippen molar-refractivity contribution < 1.29 is 9.53 Å². The minimum atomic E-state index is -0.464. The molecule has 4 heteroatoms. The second kappa shape index (κ2) is 6.35. The standard InChI is InChI=1S/C15H13NO3/c17-14-9-8-13(11-16-14)15(18)19-10-4-7-12-5-2-1-3-6-12/h1-9,11H,10H2,(H,16,17)/b7-4+. The van der Waals surface area contributed by atoms with Crippen molar-refractivity contribution in [1.82, 2.24) is 4.98 Å². The first-order valence-electron chi connectivity index (χ1n) is 5.83. The summed E-state index contributed by atoms with van der Waals surface area (Å²) in [5, 5.41) is 0. The van der Waals surface area contributed by atoms with E-state index in [1.807, 2.05) is 36.4 Å². The highest BCUT2D eigenvalue weighted by molar-refractivity contribution is 5.88. The van der Waals surface area contributed by atoms with Crippen LogP contribution in [0.4, 0.5) is 0 Å². The lowest BCUT2D eigenvalue weighted by Gasteiger charge is -2.00. The Morgan fingerprint density at radius 2 is 1.95 bits per heavy atom. The van der Waals surface area contributed by atoms with E-state index in [4.69, 9.17) is 4.74 Å². The van der Waals surface area contributed by atoms with E-state index in [0.717, 1.165) is 5.56 Å². The Balaban J connectivity index is 1.86. The van der Waals surface area contributed by atoms with Gasteiger partial charge in [0.05, 0.1) is 5.56 Å². The largest absolute Gasteiger partial charge is 0.458 e. The van der Waals surface area contributed by atoms with E-state index >= 15 is 0 Å². The number of ether oxygens (including phenoxy) is 1. The zero-order valence-electron chi connectivity index (χ0n) is 10.2. The second-order valence-electron chi connectivity index (χ2n) is 3.85. The van der Waals surface area contributed by atoms with Gasteiger partial charge in [-0.15, -0.1) is 0 Å². The van der Waals surface area contributed by atoms with Crippen LogP contribution in [0, 0.1) is 0 Å². The molecule has 0 spiro atoms. The summed E-state index contributed by atoms with van der Waals surface area (Å²) >= 11 is 0. The molecule has 0 aliphatic carbocycles. The lowest BCUT2D eigenvalue weighted by Crippen LogP contribution is -2.09. The van der Waals surface area contributed by atoms with Crippen LogP contribution in [-0.4, -0.2) is 17.6 Å². The van der Waals surface area contributed by atoms with Crippen LogP contribution in [0.2, 0.25) is 0 Å². The van der Waals surface area contributed by atoms with Gasteiger partial charge >= 0.3 is 5.97 Å². The first-order chi connectivity index (χ1) is 9.25. The number of rotatable bonds is 4. The summed E-state index contributed by atoms with van der Waals surface area (Å²) in [6.07, 6.45) is 4.98. The van der Waals surface area contributed by atoms with Crippen LogP contribution in [-0.2, 0) is 4.74 Å². The average molecular weight is 255 g/mol. The SMILES string of the molecule is O=C(OC/C=C/c1ccccc1)c1ccc(=O)[nH]c1. The molecule has 0 amide bonds. The number of hydrogen-bond acceptors (Lipinski definition) is 3. The van der Waals surface area contributed by atoms with E-state index in [1.165, 1.54) is 18.3 Å². The van der Waals surface area contributed by atoms with E-state index in [9.17, 15) is 9.59 Å². The number of esters is 1. The van der Waals surface area contributed by atoms with E-state index < -0.39 is 5.97 Å². The van der Waals surface area contributed by atoms with Crippen molar-refractivity contribution in [2.45, 2.75) is 0 Å². The van der Waals surface area contributed by atoms with Crippen molar-refractivity contribution in [3.8, 4) is 0 Å². The molecule has 2 aromatic rings. The van der Waals surface area contributed by atoms with Crippen LogP contribution in [0.25, 0.3) is 6.08 Å². The lowest BCUT2D eigenvalue weighted by molar-refractivity contribution is 0.0549. The van der Waals surface area contributed by atoms with E-state index in [-0.39, 0.29) is 12.2 Å². The molecule has 0 bridgehead atoms. The highest BCUT2D eigenvalue weighted by atomic mass is 16.5. The smallest absolute Gasteiger partial charge is 0.339 e. The molecule has 96 valence electrons. The van der Waals surface area contributed by atoms with E-state index in [2.05, 4.69) is 4.98 Å². The highest BCUT2D eigenvalue weighted by Gasteiger charge is 2.05. The fourth-order valence-electron chi connectivity index (χ4n) is 1.49. The van der Waals surface area contributed by atoms with Gasteiger partial charge in [-0.05, 0) is 17.7 Å². The molecule has 2 rings (SSSR count). The third-order valence-corrected chi connectivity index (χ3v) is 2.44. The van der Waals surface area contributed by atoms with Gasteiger partial charge in [0.2, 0.25) is 5.56 Å². The topological polar surface area (TPSA) is 59.2 Å². The van der Waals surface area contributed by atoms with Gasteiger partial charge in [0.25, 0.3) is 0 Å². The molecule has 0 radical (unpaired) electrons. The van der Waals surface area contributed by atoms with Crippen molar-refractivity contribution in [1.29, 1.82) is 0 Å². The molecule has 0 saturated carbocycles. The minimum absolute atomic E-state index is 0.187. The fraction of sp³-hybridized carbons (Fsp3) is 0.0667. The summed E-state index contributed by atoms with van der Waals surface area (Å²) in [6.45, 7) is 0.187. The molecule has 4 nitrogen and oxygen atoms in total. The summed E-state index contributed by atoms with van der Waals surface area (Å²) in [6, 6.07) is 12.4. The maximum Gasteiger partial charge on any atom is 0.339 e. The Labute approximate surface area is 110 Å². The number of carbonyl (C=O) groups excluding carboxylic acids is 1. The molecule has 0 aliphatic rings. The van der Waals surface area contributed by atoms with Gasteiger partial charge in [-0.2, -0.15) is 0 Å². The normalized spacial score (nSPS) is 10.5. The summed E-state index contributed by atoms with van der Waals surface area (Å²) in [4.78, 5) is 24.9. The molecule has 19 heavy (non-hydrogen) atoms. The van der Waals surface area contributed by atoms with Crippen LogP contribution in [0.5, 0.6) is 0 Å². The van der Waals surface area contributed by atoms with Crippen molar-refractivity contribution in [3.63, 3.8) is 0 Å². The highest BCUT2D eigenvalue weighted by Crippen LogP contribution is 2.01. The number of aromatic nitrogens is 1. The predicted molar refractivity (Wildman–Crippen MR) is 72.8 cm³/mol. The Morgan fingerprint density at radius 1 is 1.16 bits per heavy atom. The van der Waals surface area contributed by atoms with Crippen molar-refractivity contribution >= 4 is 12.0 Å². The summed E-state index contributed by atoms with van der Waals surface area (Å²) in [5.74, 6) is -0.464. The molecular formula is C15H13NO3. The molecule has 0 aliphatic heterocycles. The van der Waals surface area contributed by atoms with Gasteiger partial charge in [0.15, 0.2) is 0 Å². The molecule has 1 aromatic heterocycles. The summed E-state index contributed by atoms with van der Waals surface area (Å²) in [7, 11) is 0. The number of hydrogen-bond donors (Lipinski definition) is 1. The molecule has 0 saturated heterocycles. The maximum atomic E-state index is 11.6. The van der Waals surface area contributed by atoms with Gasteiger partial charge < -0.3 is 9.72 Å². The Kier molecular flexibility index (Phi) is 4.29. The van der Waals surface area contributed by atoms with Gasteiger partial charge in [-0.1, -0.05) is 36.4 Å². The molecule has 0 atom stereocenters. The van der Waals surface area contributed by atoms with Gasteiger partial charge in [0.1, 0.15) is 6.61 Å². The Bertz CT molecular complexity index is 609. The molecule has 0 unspecified atom stereocenters. The van der Waals surface area contributed by atoms with Crippen LogP contribution >= 0.6 is 0 Å². The number of aromatic amines is 1. The van der Waals surface area contributed by atoms with E-state index in [0.29, 0.717) is 5.56 Å². The number of nitrogens with one attached hydrogen (secondary N) is 1. The van der Waals surface area contributed by atoms with Crippen molar-refractivity contribution in [2.75, 3.05) is 6.61 Å². The van der Waals surface area contributed by atoms with Crippen molar-refractivity contribution in [2.24, 2.45) is 0 Å². The quantitative estimate of drug-likeness (QED) is 0.852. The van der Waals surface area contributed by atoms with Crippen LogP contribution in [0.3, 0.4) is 0 Å². The van der Waals surface area contributed by atoms with Gasteiger partial charge in [0, 0.05) is 12.3 Å². The first-order valence-corrected chi connectivity index (χ1v) is 5.83. The summed E-state index contributed by atoms with van der Waals surface area (Å²) < 4.78 is 5.04. The molecule has 0 fully saturated rings. The van der Waals surface area contributed by atoms with Gasteiger partial charge in [-0.25, -0.2) is 4.79 Å². The number of benzene rings is 1. The fourth-order valence-corrected chi connectivity index (χ4v) is 1.49. The van der Waals surface area contributed by atoms with Crippen molar-refractivity contribution in [3.05, 3.63) is 76.2 Å². The van der Waals surface area contributed by atoms with Crippen LogP contribution < -0.4 is 5.56 Å². The number of H-pyrrole nitrogens is 1. The number of carbonyl (C=O) groups is 1. The maximum absolute atomic E-state index is 11.6. The molecule has 1 N–H and O–H groups in total. The molecular weight excluding hydrogens is 242 g/mol. The molecule has 1 heterocycles. The number of pyridine rings is 1. The third kappa shape index (κ3) is 3.96. The first kappa shape index (κ1) is 12.8. The predicted octanol–water partition coefficient (Wildman–Crippen LogP) is 2.25. The average Bonchev–Trinajstić information content (AvgIpc) is 2.45. The molecule has 1 aromatic carbocycles. The van der Waals surface area contributed by atoms with Crippen LogP contribution in [0.1, 0.15) is 15.9 Å². The summed E-state index contributed by atoms with van der Waals surface area (Å²) in [5.41, 5.74) is 1.12. The minimum Gasteiger partial charge on any atom is -0.458 e. The Hall–Kier alpha value is -2.62. The zero-order chi connectivity index (χ0) is 13.5. The van der Waals surface area contributed by atoms with Gasteiger partial charge in [-0.3, -0.25) is 4.79 Å². The zero-order valence-corrected chi connectivity index (χ0v) is 10.2. The van der Waals surface area contributed by atoms with Crippen LogP contribution in [0.15, 0.2) is 59.5 Å².